The summed E-state index contributed by atoms with van der Waals surface area (Å²) in [5.74, 6) is 0.995. The van der Waals surface area contributed by atoms with E-state index in [1.807, 2.05) is 7.05 Å². The van der Waals surface area contributed by atoms with Crippen molar-refractivity contribution in [3.8, 4) is 0 Å². The van der Waals surface area contributed by atoms with Gasteiger partial charge in [0.1, 0.15) is 0 Å². The Bertz CT molecular complexity index is 330. The molecular formula is C14H24N2O2. The van der Waals surface area contributed by atoms with E-state index in [1.165, 1.54) is 4.90 Å². The van der Waals surface area contributed by atoms with Gasteiger partial charge in [0.05, 0.1) is 11.8 Å². The average Bonchev–Trinajstić information content (AvgIpc) is 2.78. The lowest BCUT2D eigenvalue weighted by atomic mass is 10.00. The number of carbonyl (C=O) groups is 2. The molecule has 2 amide bonds. The molecule has 3 unspecified atom stereocenters. The zero-order chi connectivity index (χ0) is 13.4. The fourth-order valence-electron chi connectivity index (χ4n) is 3.36. The quantitative estimate of drug-likeness (QED) is 0.766. The van der Waals surface area contributed by atoms with Crippen molar-refractivity contribution < 1.29 is 9.59 Å². The van der Waals surface area contributed by atoms with Crippen molar-refractivity contribution in [1.29, 1.82) is 0 Å². The molecule has 4 nitrogen and oxygen atoms in total. The zero-order valence-corrected chi connectivity index (χ0v) is 11.8. The van der Waals surface area contributed by atoms with Crippen molar-refractivity contribution in [1.82, 2.24) is 10.2 Å². The van der Waals surface area contributed by atoms with Crippen molar-refractivity contribution >= 4 is 11.8 Å². The molecule has 0 bridgehead atoms. The second-order valence-electron chi connectivity index (χ2n) is 6.22. The lowest BCUT2D eigenvalue weighted by Gasteiger charge is -2.26. The van der Waals surface area contributed by atoms with Gasteiger partial charge in [-0.05, 0) is 31.7 Å². The van der Waals surface area contributed by atoms with E-state index in [0.29, 0.717) is 18.4 Å². The Hall–Kier alpha value is -0.900. The fraction of sp³-hybridized carbons (Fsp3) is 0.857. The molecule has 0 aromatic heterocycles. The SMILES string of the molecule is CNC(CN1C(=O)C2CC(C)CC2C1=O)C(C)C. The number of nitrogens with one attached hydrogen (secondary N) is 1. The Morgan fingerprint density at radius 2 is 1.72 bits per heavy atom. The number of fused-ring (bicyclic) bond motifs is 1. The van der Waals surface area contributed by atoms with Gasteiger partial charge in [-0.1, -0.05) is 20.8 Å². The topological polar surface area (TPSA) is 49.4 Å². The van der Waals surface area contributed by atoms with Crippen molar-refractivity contribution in [2.45, 2.75) is 39.7 Å². The molecule has 1 aliphatic carbocycles. The molecule has 2 fully saturated rings. The van der Waals surface area contributed by atoms with E-state index in [-0.39, 0.29) is 29.7 Å². The number of hydrogen-bond acceptors (Lipinski definition) is 3. The van der Waals surface area contributed by atoms with Crippen LogP contribution < -0.4 is 5.32 Å². The van der Waals surface area contributed by atoms with E-state index < -0.39 is 0 Å². The molecule has 3 atom stereocenters. The predicted octanol–water partition coefficient (Wildman–Crippen LogP) is 1.26. The fourth-order valence-corrected chi connectivity index (χ4v) is 3.36. The molecule has 102 valence electrons. The van der Waals surface area contributed by atoms with Crippen molar-refractivity contribution in [2.75, 3.05) is 13.6 Å². The Morgan fingerprint density at radius 3 is 2.11 bits per heavy atom. The van der Waals surface area contributed by atoms with Crippen LogP contribution in [0.5, 0.6) is 0 Å². The smallest absolute Gasteiger partial charge is 0.233 e. The van der Waals surface area contributed by atoms with E-state index in [4.69, 9.17) is 0 Å². The third kappa shape index (κ3) is 2.18. The normalized spacial score (nSPS) is 33.4. The number of imide groups is 1. The van der Waals surface area contributed by atoms with Gasteiger partial charge in [-0.2, -0.15) is 0 Å². The van der Waals surface area contributed by atoms with E-state index in [2.05, 4.69) is 26.1 Å². The molecule has 1 saturated carbocycles. The number of rotatable bonds is 4. The zero-order valence-electron chi connectivity index (χ0n) is 11.8. The van der Waals surface area contributed by atoms with Crippen LogP contribution in [-0.4, -0.2) is 36.3 Å². The minimum absolute atomic E-state index is 0.0304. The van der Waals surface area contributed by atoms with Gasteiger partial charge >= 0.3 is 0 Å². The summed E-state index contributed by atoms with van der Waals surface area (Å²) >= 11 is 0. The largest absolute Gasteiger partial charge is 0.315 e. The molecule has 1 saturated heterocycles. The molecule has 4 heteroatoms. The summed E-state index contributed by atoms with van der Waals surface area (Å²) in [7, 11) is 1.89. The Morgan fingerprint density at radius 1 is 1.22 bits per heavy atom. The number of likely N-dealkylation sites (tertiary alicyclic amines) is 1. The summed E-state index contributed by atoms with van der Waals surface area (Å²) in [6, 6.07) is 0.189. The van der Waals surface area contributed by atoms with Gasteiger partial charge in [-0.25, -0.2) is 0 Å². The Balaban J connectivity index is 2.08. The number of carbonyl (C=O) groups excluding carboxylic acids is 2. The van der Waals surface area contributed by atoms with Gasteiger partial charge in [0.25, 0.3) is 0 Å². The average molecular weight is 252 g/mol. The summed E-state index contributed by atoms with van der Waals surface area (Å²) in [4.78, 5) is 26.1. The van der Waals surface area contributed by atoms with Crippen LogP contribution in [0.2, 0.25) is 0 Å². The lowest BCUT2D eigenvalue weighted by Crippen LogP contribution is -2.45. The Kier molecular flexibility index (Phi) is 3.76. The summed E-state index contributed by atoms with van der Waals surface area (Å²) in [6.07, 6.45) is 1.77. The molecule has 0 radical (unpaired) electrons. The van der Waals surface area contributed by atoms with Crippen LogP contribution in [0.15, 0.2) is 0 Å². The van der Waals surface area contributed by atoms with E-state index >= 15 is 0 Å². The first-order valence-corrected chi connectivity index (χ1v) is 6.98. The first-order chi connectivity index (χ1) is 8.45. The molecule has 0 spiro atoms. The highest BCUT2D eigenvalue weighted by Gasteiger charge is 2.51. The number of amides is 2. The predicted molar refractivity (Wildman–Crippen MR) is 69.8 cm³/mol. The summed E-state index contributed by atoms with van der Waals surface area (Å²) in [6.45, 7) is 6.87. The van der Waals surface area contributed by atoms with Crippen molar-refractivity contribution in [3.63, 3.8) is 0 Å². The molecule has 0 aromatic carbocycles. The van der Waals surface area contributed by atoms with E-state index in [0.717, 1.165) is 12.8 Å². The van der Waals surface area contributed by atoms with Crippen LogP contribution >= 0.6 is 0 Å². The molecule has 1 aliphatic heterocycles. The van der Waals surface area contributed by atoms with E-state index in [1.54, 1.807) is 0 Å². The highest BCUT2D eigenvalue weighted by atomic mass is 16.2. The second-order valence-corrected chi connectivity index (χ2v) is 6.22. The lowest BCUT2D eigenvalue weighted by molar-refractivity contribution is -0.141. The third-order valence-corrected chi connectivity index (χ3v) is 4.52. The van der Waals surface area contributed by atoms with Crippen LogP contribution in [-0.2, 0) is 9.59 Å². The maximum atomic E-state index is 12.3. The van der Waals surface area contributed by atoms with E-state index in [9.17, 15) is 9.59 Å². The van der Waals surface area contributed by atoms with Crippen molar-refractivity contribution in [2.24, 2.45) is 23.7 Å². The first kappa shape index (κ1) is 13.5. The van der Waals surface area contributed by atoms with Crippen LogP contribution in [0.25, 0.3) is 0 Å². The molecular weight excluding hydrogens is 228 g/mol. The van der Waals surface area contributed by atoms with Crippen LogP contribution in [0.3, 0.4) is 0 Å². The molecule has 1 N–H and O–H groups in total. The minimum atomic E-state index is -0.0304. The first-order valence-electron chi connectivity index (χ1n) is 6.98. The van der Waals surface area contributed by atoms with Gasteiger partial charge in [0.15, 0.2) is 0 Å². The van der Waals surface area contributed by atoms with Gasteiger partial charge < -0.3 is 5.32 Å². The maximum absolute atomic E-state index is 12.3. The van der Waals surface area contributed by atoms with Crippen LogP contribution in [0.4, 0.5) is 0 Å². The molecule has 2 rings (SSSR count). The number of hydrogen-bond donors (Lipinski definition) is 1. The number of nitrogens with zero attached hydrogens (tertiary/aromatic N) is 1. The summed E-state index contributed by atoms with van der Waals surface area (Å²) in [5, 5.41) is 3.20. The molecule has 18 heavy (non-hydrogen) atoms. The van der Waals surface area contributed by atoms with Gasteiger partial charge in [-0.3, -0.25) is 14.5 Å². The highest BCUT2D eigenvalue weighted by Crippen LogP contribution is 2.42. The second kappa shape index (κ2) is 5.00. The highest BCUT2D eigenvalue weighted by molar-refractivity contribution is 6.05. The summed E-state index contributed by atoms with van der Waals surface area (Å²) in [5.41, 5.74) is 0. The summed E-state index contributed by atoms with van der Waals surface area (Å²) < 4.78 is 0. The standard InChI is InChI=1S/C14H24N2O2/c1-8(2)12(15-4)7-16-13(17)10-5-9(3)6-11(10)14(16)18/h8-12,15H,5-7H2,1-4H3. The molecule has 1 heterocycles. The van der Waals surface area contributed by atoms with Gasteiger partial charge in [0.2, 0.25) is 11.8 Å². The molecule has 0 aromatic rings. The molecule has 2 aliphatic rings. The van der Waals surface area contributed by atoms with Crippen LogP contribution in [0, 0.1) is 23.7 Å². The van der Waals surface area contributed by atoms with Gasteiger partial charge in [-0.15, -0.1) is 0 Å². The number of likely N-dealkylation sites (N-methyl/N-ethyl adjacent to an activating group) is 1. The van der Waals surface area contributed by atoms with Crippen molar-refractivity contribution in [3.05, 3.63) is 0 Å². The third-order valence-electron chi connectivity index (χ3n) is 4.52. The monoisotopic (exact) mass is 252 g/mol. The Labute approximate surface area is 109 Å². The minimum Gasteiger partial charge on any atom is -0.315 e. The van der Waals surface area contributed by atoms with Crippen LogP contribution in [0.1, 0.15) is 33.6 Å². The van der Waals surface area contributed by atoms with Gasteiger partial charge in [0, 0.05) is 12.6 Å². The maximum Gasteiger partial charge on any atom is 0.233 e.